The number of hydrogen-bond donors (Lipinski definition) is 2. The fourth-order valence-corrected chi connectivity index (χ4v) is 1.56. The average molecular weight is 242 g/mol. The van der Waals surface area contributed by atoms with Crippen LogP contribution in [0.4, 0.5) is 5.82 Å². The maximum Gasteiger partial charge on any atom is 0.230 e. The monoisotopic (exact) mass is 242 g/mol. The van der Waals surface area contributed by atoms with E-state index in [1.807, 2.05) is 13.0 Å². The van der Waals surface area contributed by atoms with Crippen LogP contribution in [0.25, 0.3) is 0 Å². The van der Waals surface area contributed by atoms with Gasteiger partial charge in [-0.2, -0.15) is 0 Å². The number of amides is 1. The van der Waals surface area contributed by atoms with Gasteiger partial charge in [-0.25, -0.2) is 4.98 Å². The number of phenols is 1. The summed E-state index contributed by atoms with van der Waals surface area (Å²) in [6, 6.07) is 10.4. The number of pyridine rings is 1. The summed E-state index contributed by atoms with van der Waals surface area (Å²) >= 11 is 0. The summed E-state index contributed by atoms with van der Waals surface area (Å²) in [5, 5.41) is 12.2. The lowest BCUT2D eigenvalue weighted by Crippen LogP contribution is -2.15. The van der Waals surface area contributed by atoms with Crippen LogP contribution in [0.1, 0.15) is 11.1 Å². The molecule has 2 N–H and O–H groups in total. The molecule has 0 aliphatic rings. The second kappa shape index (κ2) is 5.31. The molecule has 0 aliphatic carbocycles. The van der Waals surface area contributed by atoms with E-state index in [9.17, 15) is 9.90 Å². The Morgan fingerprint density at radius 1 is 1.28 bits per heavy atom. The summed E-state index contributed by atoms with van der Waals surface area (Å²) in [5.74, 6) is 0.443. The normalized spacial score (nSPS) is 10.1. The van der Waals surface area contributed by atoms with Crippen LogP contribution in [0.3, 0.4) is 0 Å². The highest BCUT2D eigenvalue weighted by molar-refractivity contribution is 5.91. The molecule has 0 atom stereocenters. The Balaban J connectivity index is 2.01. The molecule has 0 spiro atoms. The number of benzene rings is 1. The Morgan fingerprint density at radius 2 is 2.06 bits per heavy atom. The van der Waals surface area contributed by atoms with Gasteiger partial charge in [-0.1, -0.05) is 24.3 Å². The zero-order chi connectivity index (χ0) is 13.0. The van der Waals surface area contributed by atoms with Crippen LogP contribution in [0.15, 0.2) is 42.6 Å². The summed E-state index contributed by atoms with van der Waals surface area (Å²) in [7, 11) is 0. The summed E-state index contributed by atoms with van der Waals surface area (Å²) in [4.78, 5) is 15.8. The first-order chi connectivity index (χ1) is 8.65. The molecule has 1 amide bonds. The van der Waals surface area contributed by atoms with Crippen LogP contribution in [-0.4, -0.2) is 16.0 Å². The molecule has 0 unspecified atom stereocenters. The molecule has 0 bridgehead atoms. The van der Waals surface area contributed by atoms with E-state index in [1.54, 1.807) is 36.5 Å². The lowest BCUT2D eigenvalue weighted by molar-refractivity contribution is -0.115. The largest absolute Gasteiger partial charge is 0.508 e. The Morgan fingerprint density at radius 3 is 2.72 bits per heavy atom. The van der Waals surface area contributed by atoms with Crippen molar-refractivity contribution in [3.8, 4) is 5.75 Å². The highest BCUT2D eigenvalue weighted by Crippen LogP contribution is 2.16. The molecule has 0 radical (unpaired) electrons. The number of phenolic OH excluding ortho intramolecular Hbond substituents is 1. The van der Waals surface area contributed by atoms with E-state index in [0.717, 1.165) is 5.56 Å². The maximum absolute atomic E-state index is 11.8. The first-order valence-electron chi connectivity index (χ1n) is 5.64. The standard InChI is InChI=1S/C14H14N2O2/c1-10-6-7-13(15-9-10)16-14(18)8-11-4-2-3-5-12(11)17/h2-7,9,17H,8H2,1H3,(H,15,16,18). The average Bonchev–Trinajstić information content (AvgIpc) is 2.35. The fourth-order valence-electron chi connectivity index (χ4n) is 1.56. The van der Waals surface area contributed by atoms with Crippen LogP contribution < -0.4 is 5.32 Å². The van der Waals surface area contributed by atoms with Crippen molar-refractivity contribution >= 4 is 11.7 Å². The summed E-state index contributed by atoms with van der Waals surface area (Å²) < 4.78 is 0. The molecule has 0 saturated carbocycles. The lowest BCUT2D eigenvalue weighted by Gasteiger charge is -2.06. The van der Waals surface area contributed by atoms with Gasteiger partial charge in [0.05, 0.1) is 6.42 Å². The molecule has 2 aromatic rings. The smallest absolute Gasteiger partial charge is 0.230 e. The molecule has 4 nitrogen and oxygen atoms in total. The summed E-state index contributed by atoms with van der Waals surface area (Å²) in [6.07, 6.45) is 1.82. The molecule has 1 heterocycles. The molecule has 0 aliphatic heterocycles. The molecule has 4 heteroatoms. The number of rotatable bonds is 3. The van der Waals surface area contributed by atoms with E-state index in [2.05, 4.69) is 10.3 Å². The minimum atomic E-state index is -0.201. The minimum Gasteiger partial charge on any atom is -0.508 e. The van der Waals surface area contributed by atoms with Crippen LogP contribution in [0.2, 0.25) is 0 Å². The number of carbonyl (C=O) groups is 1. The van der Waals surface area contributed by atoms with Crippen LogP contribution in [-0.2, 0) is 11.2 Å². The molecular weight excluding hydrogens is 228 g/mol. The number of aryl methyl sites for hydroxylation is 1. The van der Waals surface area contributed by atoms with E-state index in [0.29, 0.717) is 11.4 Å². The second-order valence-electron chi connectivity index (χ2n) is 4.07. The summed E-state index contributed by atoms with van der Waals surface area (Å²) in [5.41, 5.74) is 1.64. The van der Waals surface area contributed by atoms with Crippen molar-refractivity contribution in [3.63, 3.8) is 0 Å². The van der Waals surface area contributed by atoms with Gasteiger partial charge in [-0.3, -0.25) is 4.79 Å². The zero-order valence-corrected chi connectivity index (χ0v) is 10.1. The van der Waals surface area contributed by atoms with Crippen molar-refractivity contribution in [1.82, 2.24) is 4.98 Å². The van der Waals surface area contributed by atoms with Gasteiger partial charge in [-0.15, -0.1) is 0 Å². The Labute approximate surface area is 105 Å². The SMILES string of the molecule is Cc1ccc(NC(=O)Cc2ccccc2O)nc1. The van der Waals surface area contributed by atoms with Crippen LogP contribution in [0.5, 0.6) is 5.75 Å². The van der Waals surface area contributed by atoms with Gasteiger partial charge in [0.25, 0.3) is 0 Å². The molecule has 1 aromatic carbocycles. The maximum atomic E-state index is 11.8. The molecule has 92 valence electrons. The van der Waals surface area contributed by atoms with Gasteiger partial charge in [0.2, 0.25) is 5.91 Å². The van der Waals surface area contributed by atoms with Crippen molar-refractivity contribution in [2.24, 2.45) is 0 Å². The van der Waals surface area contributed by atoms with E-state index in [-0.39, 0.29) is 18.1 Å². The third-order valence-electron chi connectivity index (χ3n) is 2.52. The van der Waals surface area contributed by atoms with Crippen LogP contribution in [0, 0.1) is 6.92 Å². The van der Waals surface area contributed by atoms with E-state index < -0.39 is 0 Å². The topological polar surface area (TPSA) is 62.2 Å². The fraction of sp³-hybridized carbons (Fsp3) is 0.143. The molecule has 0 saturated heterocycles. The number of nitrogens with one attached hydrogen (secondary N) is 1. The van der Waals surface area contributed by atoms with Gasteiger partial charge in [-0.05, 0) is 24.6 Å². The molecule has 18 heavy (non-hydrogen) atoms. The van der Waals surface area contributed by atoms with Crippen molar-refractivity contribution in [1.29, 1.82) is 0 Å². The number of aromatic nitrogens is 1. The Kier molecular flexibility index (Phi) is 3.57. The molecule has 0 fully saturated rings. The number of carbonyl (C=O) groups excluding carboxylic acids is 1. The molecule has 1 aromatic heterocycles. The van der Waals surface area contributed by atoms with Gasteiger partial charge in [0.1, 0.15) is 11.6 Å². The molecule has 2 rings (SSSR count). The highest BCUT2D eigenvalue weighted by atomic mass is 16.3. The highest BCUT2D eigenvalue weighted by Gasteiger charge is 2.07. The van der Waals surface area contributed by atoms with E-state index in [4.69, 9.17) is 0 Å². The number of hydrogen-bond acceptors (Lipinski definition) is 3. The number of nitrogens with zero attached hydrogens (tertiary/aromatic N) is 1. The number of aromatic hydroxyl groups is 1. The van der Waals surface area contributed by atoms with Crippen LogP contribution >= 0.6 is 0 Å². The van der Waals surface area contributed by atoms with Gasteiger partial charge in [0, 0.05) is 11.8 Å². The van der Waals surface area contributed by atoms with Gasteiger partial charge in [0.15, 0.2) is 0 Å². The zero-order valence-electron chi connectivity index (χ0n) is 10.1. The number of anilines is 1. The lowest BCUT2D eigenvalue weighted by atomic mass is 10.1. The minimum absolute atomic E-state index is 0.127. The summed E-state index contributed by atoms with van der Waals surface area (Å²) in [6.45, 7) is 1.93. The van der Waals surface area contributed by atoms with E-state index in [1.165, 1.54) is 0 Å². The van der Waals surface area contributed by atoms with Crippen molar-refractivity contribution in [2.75, 3.05) is 5.32 Å². The quantitative estimate of drug-likeness (QED) is 0.868. The van der Waals surface area contributed by atoms with E-state index >= 15 is 0 Å². The predicted molar refractivity (Wildman–Crippen MR) is 69.4 cm³/mol. The Hall–Kier alpha value is -2.36. The predicted octanol–water partition coefficient (Wildman–Crippen LogP) is 2.28. The first kappa shape index (κ1) is 12.1. The van der Waals surface area contributed by atoms with Gasteiger partial charge >= 0.3 is 0 Å². The van der Waals surface area contributed by atoms with Crippen molar-refractivity contribution in [2.45, 2.75) is 13.3 Å². The first-order valence-corrected chi connectivity index (χ1v) is 5.64. The molecular formula is C14H14N2O2. The van der Waals surface area contributed by atoms with Crippen molar-refractivity contribution < 1.29 is 9.90 Å². The van der Waals surface area contributed by atoms with Gasteiger partial charge < -0.3 is 10.4 Å². The number of para-hydroxylation sites is 1. The third-order valence-corrected chi connectivity index (χ3v) is 2.52. The Bertz CT molecular complexity index is 550. The second-order valence-corrected chi connectivity index (χ2v) is 4.07. The van der Waals surface area contributed by atoms with Crippen molar-refractivity contribution in [3.05, 3.63) is 53.7 Å². The third kappa shape index (κ3) is 3.07.